The molecule has 1 amide bonds. The number of rotatable bonds is 6. The molecule has 0 bridgehead atoms. The number of nitriles is 1. The minimum Gasteiger partial charge on any atom is -0.350 e. The van der Waals surface area contributed by atoms with Crippen LogP contribution >= 0.6 is 12.2 Å². The summed E-state index contributed by atoms with van der Waals surface area (Å²) in [7, 11) is 0. The third kappa shape index (κ3) is 5.31. The summed E-state index contributed by atoms with van der Waals surface area (Å²) in [4.78, 5) is 14.1. The summed E-state index contributed by atoms with van der Waals surface area (Å²) in [6.07, 6.45) is 2.37. The molecule has 6 heteroatoms. The molecular formula is C23H22N4OS. The number of nitrogens with zero attached hydrogens (tertiary/aromatic N) is 2. The fourth-order valence-electron chi connectivity index (χ4n) is 3.11. The minimum absolute atomic E-state index is 0.305. The molecule has 2 N–H and O–H groups in total. The number of carbonyl (C=O) groups is 1. The van der Waals surface area contributed by atoms with Gasteiger partial charge in [0.05, 0.1) is 0 Å². The number of carbonyl (C=O) groups excluding carboxylic acids is 1. The molecule has 3 aromatic carbocycles. The molecule has 3 rings (SSSR count). The van der Waals surface area contributed by atoms with Gasteiger partial charge in [0, 0.05) is 18.7 Å². The molecular weight excluding hydrogens is 380 g/mol. The van der Waals surface area contributed by atoms with Crippen molar-refractivity contribution in [2.24, 2.45) is 0 Å². The molecule has 5 nitrogen and oxygen atoms in total. The van der Waals surface area contributed by atoms with Crippen molar-refractivity contribution in [1.29, 1.82) is 5.26 Å². The molecule has 0 radical (unpaired) electrons. The molecule has 29 heavy (non-hydrogen) atoms. The largest absolute Gasteiger partial charge is 0.350 e. The summed E-state index contributed by atoms with van der Waals surface area (Å²) in [6, 6.07) is 23.0. The Hall–Kier alpha value is -3.43. The Balaban J connectivity index is 1.80. The van der Waals surface area contributed by atoms with E-state index >= 15 is 0 Å². The first-order valence-electron chi connectivity index (χ1n) is 9.42. The topological polar surface area (TPSA) is 68.2 Å². The number of para-hydroxylation sites is 1. The standard InChI is InChI=1S/C23H22N4OS/c1-2-27(16-24)22(28)21(26-23(29)25-20-10-4-3-5-11-20)15-17-12-13-18-8-6-7-9-19(18)14-17/h3-14,21H,2,15H2,1H3,(H2,25,26,29). The highest BCUT2D eigenvalue weighted by Crippen LogP contribution is 2.17. The number of fused-ring (bicyclic) bond motifs is 1. The van der Waals surface area contributed by atoms with E-state index in [0.717, 1.165) is 26.9 Å². The van der Waals surface area contributed by atoms with Crippen LogP contribution < -0.4 is 10.6 Å². The van der Waals surface area contributed by atoms with Crippen LogP contribution in [0.5, 0.6) is 0 Å². The van der Waals surface area contributed by atoms with Crippen LogP contribution in [0.4, 0.5) is 5.69 Å². The van der Waals surface area contributed by atoms with E-state index in [1.54, 1.807) is 6.92 Å². The van der Waals surface area contributed by atoms with Gasteiger partial charge in [0.15, 0.2) is 11.3 Å². The molecule has 0 aliphatic carbocycles. The van der Waals surface area contributed by atoms with Crippen molar-refractivity contribution in [2.75, 3.05) is 11.9 Å². The van der Waals surface area contributed by atoms with Crippen molar-refractivity contribution in [1.82, 2.24) is 10.2 Å². The molecule has 0 fully saturated rings. The first-order valence-corrected chi connectivity index (χ1v) is 9.83. The molecule has 0 aliphatic heterocycles. The van der Waals surface area contributed by atoms with Gasteiger partial charge in [0.2, 0.25) is 0 Å². The second-order valence-corrected chi connectivity index (χ2v) is 6.99. The fraction of sp³-hybridized carbons (Fsp3) is 0.174. The fourth-order valence-corrected chi connectivity index (χ4v) is 3.37. The lowest BCUT2D eigenvalue weighted by molar-refractivity contribution is -0.129. The van der Waals surface area contributed by atoms with Gasteiger partial charge in [-0.2, -0.15) is 5.26 Å². The summed E-state index contributed by atoms with van der Waals surface area (Å²) >= 11 is 5.41. The van der Waals surface area contributed by atoms with E-state index in [9.17, 15) is 10.1 Å². The molecule has 0 aliphatic rings. The highest BCUT2D eigenvalue weighted by Gasteiger charge is 2.25. The molecule has 0 saturated carbocycles. The molecule has 0 spiro atoms. The predicted molar refractivity (Wildman–Crippen MR) is 120 cm³/mol. The smallest absolute Gasteiger partial charge is 0.258 e. The van der Waals surface area contributed by atoms with E-state index in [4.69, 9.17) is 12.2 Å². The summed E-state index contributed by atoms with van der Waals surface area (Å²) < 4.78 is 0. The Morgan fingerprint density at radius 1 is 1.07 bits per heavy atom. The molecule has 0 aromatic heterocycles. The molecule has 0 heterocycles. The Morgan fingerprint density at radius 3 is 2.45 bits per heavy atom. The number of hydrogen-bond acceptors (Lipinski definition) is 3. The summed E-state index contributed by atoms with van der Waals surface area (Å²) in [5.41, 5.74) is 1.82. The molecule has 1 unspecified atom stereocenters. The monoisotopic (exact) mass is 402 g/mol. The Morgan fingerprint density at radius 2 is 1.76 bits per heavy atom. The number of anilines is 1. The number of likely N-dealkylation sites (N-methyl/N-ethyl adjacent to an activating group) is 1. The van der Waals surface area contributed by atoms with Crippen molar-refractivity contribution in [3.05, 3.63) is 78.4 Å². The highest BCUT2D eigenvalue weighted by atomic mass is 32.1. The van der Waals surface area contributed by atoms with E-state index in [1.807, 2.05) is 72.9 Å². The van der Waals surface area contributed by atoms with Crippen molar-refractivity contribution < 1.29 is 4.79 Å². The van der Waals surface area contributed by atoms with Gasteiger partial charge >= 0.3 is 0 Å². The van der Waals surface area contributed by atoms with Gasteiger partial charge in [-0.05, 0) is 47.6 Å². The number of hydrogen-bond donors (Lipinski definition) is 2. The molecule has 146 valence electrons. The molecule has 3 aromatic rings. The first-order chi connectivity index (χ1) is 14.1. The summed E-state index contributed by atoms with van der Waals surface area (Å²) in [5.74, 6) is -0.305. The Labute approximate surface area is 175 Å². The van der Waals surface area contributed by atoms with Crippen LogP contribution in [0.1, 0.15) is 12.5 Å². The van der Waals surface area contributed by atoms with Crippen LogP contribution in [0.3, 0.4) is 0 Å². The van der Waals surface area contributed by atoms with Gasteiger partial charge in [-0.1, -0.05) is 60.7 Å². The maximum Gasteiger partial charge on any atom is 0.258 e. The second kappa shape index (κ2) is 9.67. The second-order valence-electron chi connectivity index (χ2n) is 6.59. The van der Waals surface area contributed by atoms with Gasteiger partial charge in [0.25, 0.3) is 5.91 Å². The zero-order valence-corrected chi connectivity index (χ0v) is 16.9. The van der Waals surface area contributed by atoms with Crippen molar-refractivity contribution in [3.63, 3.8) is 0 Å². The van der Waals surface area contributed by atoms with Crippen molar-refractivity contribution >= 4 is 39.7 Å². The van der Waals surface area contributed by atoms with Gasteiger partial charge in [-0.3, -0.25) is 4.79 Å². The number of nitrogens with one attached hydrogen (secondary N) is 2. The average Bonchev–Trinajstić information content (AvgIpc) is 2.74. The number of benzene rings is 3. The lowest BCUT2D eigenvalue weighted by atomic mass is 10.0. The normalized spacial score (nSPS) is 11.3. The predicted octanol–water partition coefficient (Wildman–Crippen LogP) is 4.07. The van der Waals surface area contributed by atoms with E-state index in [1.165, 1.54) is 0 Å². The van der Waals surface area contributed by atoms with Crippen LogP contribution in [-0.4, -0.2) is 28.5 Å². The third-order valence-corrected chi connectivity index (χ3v) is 4.81. The Bertz CT molecular complexity index is 1050. The van der Waals surface area contributed by atoms with Gasteiger partial charge < -0.3 is 10.6 Å². The summed E-state index contributed by atoms with van der Waals surface area (Å²) in [6.45, 7) is 2.08. The van der Waals surface area contributed by atoms with E-state index in [0.29, 0.717) is 18.1 Å². The first kappa shape index (κ1) is 20.3. The van der Waals surface area contributed by atoms with Crippen LogP contribution in [0, 0.1) is 11.5 Å². The lowest BCUT2D eigenvalue weighted by Crippen LogP contribution is -2.49. The van der Waals surface area contributed by atoms with Gasteiger partial charge in [0.1, 0.15) is 6.04 Å². The zero-order valence-electron chi connectivity index (χ0n) is 16.1. The van der Waals surface area contributed by atoms with Crippen molar-refractivity contribution in [3.8, 4) is 6.19 Å². The maximum atomic E-state index is 12.9. The quantitative estimate of drug-likeness (QED) is 0.370. The van der Waals surface area contributed by atoms with Gasteiger partial charge in [-0.25, -0.2) is 4.90 Å². The minimum atomic E-state index is -0.653. The van der Waals surface area contributed by atoms with Crippen molar-refractivity contribution in [2.45, 2.75) is 19.4 Å². The third-order valence-electron chi connectivity index (χ3n) is 4.59. The molecule has 0 saturated heterocycles. The average molecular weight is 403 g/mol. The number of amides is 1. The van der Waals surface area contributed by atoms with E-state index in [2.05, 4.69) is 16.7 Å². The highest BCUT2D eigenvalue weighted by molar-refractivity contribution is 7.80. The summed E-state index contributed by atoms with van der Waals surface area (Å²) in [5, 5.41) is 18.1. The van der Waals surface area contributed by atoms with Crippen LogP contribution in [-0.2, 0) is 11.2 Å². The van der Waals surface area contributed by atoms with Crippen LogP contribution in [0.2, 0.25) is 0 Å². The van der Waals surface area contributed by atoms with Crippen LogP contribution in [0.25, 0.3) is 10.8 Å². The number of thiocarbonyl (C=S) groups is 1. The van der Waals surface area contributed by atoms with Gasteiger partial charge in [-0.15, -0.1) is 0 Å². The SMILES string of the molecule is CCN(C#N)C(=O)C(Cc1ccc2ccccc2c1)NC(=S)Nc1ccccc1. The lowest BCUT2D eigenvalue weighted by Gasteiger charge is -2.23. The maximum absolute atomic E-state index is 12.9. The zero-order chi connectivity index (χ0) is 20.6. The van der Waals surface area contributed by atoms with E-state index < -0.39 is 6.04 Å². The molecule has 1 atom stereocenters. The Kier molecular flexibility index (Phi) is 6.77. The van der Waals surface area contributed by atoms with Crippen LogP contribution in [0.15, 0.2) is 72.8 Å². The van der Waals surface area contributed by atoms with E-state index in [-0.39, 0.29) is 5.91 Å².